The number of carbonyl (C=O) groups excluding carboxylic acids is 1. The Balaban J connectivity index is 2.96. The van der Waals surface area contributed by atoms with E-state index in [1.54, 1.807) is 6.08 Å². The molecule has 0 heterocycles. The smallest absolute Gasteiger partial charge is 0.331 e. The lowest BCUT2D eigenvalue weighted by Gasteiger charge is -2.36. The van der Waals surface area contributed by atoms with Crippen LogP contribution in [0.15, 0.2) is 11.6 Å². The van der Waals surface area contributed by atoms with Gasteiger partial charge in [0.15, 0.2) is 0 Å². The number of aliphatic carboxylic acids is 1. The molecule has 1 rings (SSSR count). The summed E-state index contributed by atoms with van der Waals surface area (Å²) in [5.74, 6) is -1.18. The Labute approximate surface area is 119 Å². The molecule has 0 spiro atoms. The van der Waals surface area contributed by atoms with Crippen molar-refractivity contribution < 1.29 is 19.4 Å². The van der Waals surface area contributed by atoms with Crippen molar-refractivity contribution in [3.05, 3.63) is 11.6 Å². The second kappa shape index (κ2) is 7.40. The molecular formula is C14H24N2O4. The molecule has 1 aliphatic rings. The van der Waals surface area contributed by atoms with E-state index >= 15 is 0 Å². The molecule has 0 aromatic carbocycles. The lowest BCUT2D eigenvalue weighted by Crippen LogP contribution is -2.57. The van der Waals surface area contributed by atoms with Crippen molar-refractivity contribution in [1.29, 1.82) is 0 Å². The van der Waals surface area contributed by atoms with Crippen molar-refractivity contribution in [1.82, 2.24) is 5.32 Å². The highest BCUT2D eigenvalue weighted by Crippen LogP contribution is 2.23. The van der Waals surface area contributed by atoms with Crippen LogP contribution in [0.4, 0.5) is 0 Å². The van der Waals surface area contributed by atoms with E-state index in [2.05, 4.69) is 5.32 Å². The first-order chi connectivity index (χ1) is 9.38. The fraction of sp³-hybridized carbons (Fsp3) is 0.714. The van der Waals surface area contributed by atoms with Crippen LogP contribution in [0.3, 0.4) is 0 Å². The monoisotopic (exact) mass is 284 g/mol. The van der Waals surface area contributed by atoms with Crippen molar-refractivity contribution in [2.24, 2.45) is 5.73 Å². The Hall–Kier alpha value is -1.40. The number of ether oxygens (including phenoxy) is 1. The topological polar surface area (TPSA) is 102 Å². The summed E-state index contributed by atoms with van der Waals surface area (Å²) >= 11 is 0. The third kappa shape index (κ3) is 4.31. The molecule has 1 aliphatic carbocycles. The molecule has 0 aromatic heterocycles. The molecule has 3 atom stereocenters. The molecule has 0 saturated heterocycles. The van der Waals surface area contributed by atoms with Crippen molar-refractivity contribution >= 4 is 11.9 Å². The van der Waals surface area contributed by atoms with Gasteiger partial charge in [-0.15, -0.1) is 0 Å². The summed E-state index contributed by atoms with van der Waals surface area (Å²) in [5.41, 5.74) is 6.25. The van der Waals surface area contributed by atoms with E-state index in [1.165, 1.54) is 6.92 Å². The first-order valence-electron chi connectivity index (χ1n) is 7.01. The van der Waals surface area contributed by atoms with Gasteiger partial charge in [0.2, 0.25) is 5.91 Å². The first-order valence-corrected chi connectivity index (χ1v) is 7.01. The van der Waals surface area contributed by atoms with Crippen molar-refractivity contribution in [2.45, 2.75) is 64.3 Å². The van der Waals surface area contributed by atoms with E-state index in [4.69, 9.17) is 15.6 Å². The molecule has 0 bridgehead atoms. The molecular weight excluding hydrogens is 260 g/mol. The maximum Gasteiger partial charge on any atom is 0.331 e. The van der Waals surface area contributed by atoms with Gasteiger partial charge in [-0.05, 0) is 25.3 Å². The molecule has 0 aromatic rings. The zero-order valence-corrected chi connectivity index (χ0v) is 12.3. The molecule has 20 heavy (non-hydrogen) atoms. The minimum atomic E-state index is -0.986. The van der Waals surface area contributed by atoms with Gasteiger partial charge < -0.3 is 20.9 Å². The number of amides is 1. The fourth-order valence-electron chi connectivity index (χ4n) is 2.40. The highest BCUT2D eigenvalue weighted by atomic mass is 16.5. The standard InChI is InChI=1S/C14H24N2O4/c1-4-10(5-2)20-12-7-9(14(18)19)6-11(15)13(12)16-8(3)17/h7,10-13H,4-6,15H2,1-3H3,(H,16,17)(H,18,19)/t11-,12-,13-/m1/s1. The van der Waals surface area contributed by atoms with Crippen molar-refractivity contribution in [3.8, 4) is 0 Å². The molecule has 0 saturated carbocycles. The normalized spacial score (nSPS) is 26.2. The Morgan fingerprint density at radius 2 is 2.10 bits per heavy atom. The van der Waals surface area contributed by atoms with Crippen LogP contribution in [0, 0.1) is 0 Å². The molecule has 6 heteroatoms. The van der Waals surface area contributed by atoms with Crippen LogP contribution in [0.5, 0.6) is 0 Å². The van der Waals surface area contributed by atoms with Gasteiger partial charge in [0.05, 0.1) is 18.2 Å². The summed E-state index contributed by atoms with van der Waals surface area (Å²) in [5, 5.41) is 11.9. The minimum Gasteiger partial charge on any atom is -0.478 e. The summed E-state index contributed by atoms with van der Waals surface area (Å²) in [4.78, 5) is 22.4. The molecule has 0 unspecified atom stereocenters. The van der Waals surface area contributed by atoms with E-state index in [0.29, 0.717) is 0 Å². The SMILES string of the molecule is CCC(CC)O[C@@H]1C=C(C(=O)O)C[C@@H](N)[C@H]1NC(C)=O. The van der Waals surface area contributed by atoms with Gasteiger partial charge >= 0.3 is 5.97 Å². The maximum absolute atomic E-state index is 11.3. The quantitative estimate of drug-likeness (QED) is 0.670. The molecule has 0 fully saturated rings. The van der Waals surface area contributed by atoms with Crippen LogP contribution in [-0.2, 0) is 14.3 Å². The summed E-state index contributed by atoms with van der Waals surface area (Å²) in [6, 6.07) is -0.856. The zero-order valence-electron chi connectivity index (χ0n) is 12.3. The molecule has 1 amide bonds. The molecule has 0 aliphatic heterocycles. The maximum atomic E-state index is 11.3. The van der Waals surface area contributed by atoms with E-state index < -0.39 is 24.2 Å². The highest BCUT2D eigenvalue weighted by molar-refractivity contribution is 5.87. The third-order valence-corrected chi connectivity index (χ3v) is 3.54. The van der Waals surface area contributed by atoms with E-state index in [-0.39, 0.29) is 24.0 Å². The van der Waals surface area contributed by atoms with Gasteiger partial charge in [0, 0.05) is 18.5 Å². The van der Waals surface area contributed by atoms with Crippen molar-refractivity contribution in [2.75, 3.05) is 0 Å². The summed E-state index contributed by atoms with van der Waals surface area (Å²) in [6.07, 6.45) is 2.97. The van der Waals surface area contributed by atoms with Gasteiger partial charge in [-0.1, -0.05) is 13.8 Å². The number of nitrogens with one attached hydrogen (secondary N) is 1. The second-order valence-electron chi connectivity index (χ2n) is 5.13. The number of hydrogen-bond donors (Lipinski definition) is 3. The van der Waals surface area contributed by atoms with Gasteiger partial charge in [-0.2, -0.15) is 0 Å². The number of carboxylic acids is 1. The lowest BCUT2D eigenvalue weighted by atomic mass is 9.88. The number of carboxylic acid groups (broad SMARTS) is 1. The van der Waals surface area contributed by atoms with Gasteiger partial charge in [-0.25, -0.2) is 4.79 Å². The Bertz CT molecular complexity index is 391. The Kier molecular flexibility index (Phi) is 6.16. The van der Waals surface area contributed by atoms with E-state index in [9.17, 15) is 9.59 Å². The van der Waals surface area contributed by atoms with Gasteiger partial charge in [0.1, 0.15) is 0 Å². The number of rotatable bonds is 6. The molecule has 114 valence electrons. The van der Waals surface area contributed by atoms with Crippen LogP contribution in [0.1, 0.15) is 40.0 Å². The average molecular weight is 284 g/mol. The third-order valence-electron chi connectivity index (χ3n) is 3.54. The zero-order chi connectivity index (χ0) is 15.3. The summed E-state index contributed by atoms with van der Waals surface area (Å²) in [6.45, 7) is 5.43. The van der Waals surface area contributed by atoms with Crippen LogP contribution in [0.2, 0.25) is 0 Å². The largest absolute Gasteiger partial charge is 0.478 e. The highest BCUT2D eigenvalue weighted by Gasteiger charge is 2.35. The minimum absolute atomic E-state index is 0.0212. The van der Waals surface area contributed by atoms with Crippen LogP contribution >= 0.6 is 0 Å². The molecule has 6 nitrogen and oxygen atoms in total. The number of carbonyl (C=O) groups is 2. The van der Waals surface area contributed by atoms with Gasteiger partial charge in [-0.3, -0.25) is 4.79 Å². The fourth-order valence-corrected chi connectivity index (χ4v) is 2.40. The predicted octanol–water partition coefficient (Wildman–Crippen LogP) is 0.807. The van der Waals surface area contributed by atoms with Crippen LogP contribution in [-0.4, -0.2) is 41.3 Å². The molecule has 0 radical (unpaired) electrons. The predicted molar refractivity (Wildman–Crippen MR) is 75.2 cm³/mol. The van der Waals surface area contributed by atoms with Crippen LogP contribution < -0.4 is 11.1 Å². The average Bonchev–Trinajstić information content (AvgIpc) is 2.38. The lowest BCUT2D eigenvalue weighted by molar-refractivity contribution is -0.133. The second-order valence-corrected chi connectivity index (χ2v) is 5.13. The van der Waals surface area contributed by atoms with Crippen LogP contribution in [0.25, 0.3) is 0 Å². The summed E-state index contributed by atoms with van der Waals surface area (Å²) in [7, 11) is 0. The number of nitrogens with two attached hydrogens (primary N) is 1. The molecule has 4 N–H and O–H groups in total. The van der Waals surface area contributed by atoms with Gasteiger partial charge in [0.25, 0.3) is 0 Å². The van der Waals surface area contributed by atoms with Crippen molar-refractivity contribution in [3.63, 3.8) is 0 Å². The first kappa shape index (κ1) is 16.7. The summed E-state index contributed by atoms with van der Waals surface area (Å²) < 4.78 is 5.92. The Morgan fingerprint density at radius 1 is 1.50 bits per heavy atom. The number of hydrogen-bond acceptors (Lipinski definition) is 4. The van der Waals surface area contributed by atoms with E-state index in [0.717, 1.165) is 12.8 Å². The Morgan fingerprint density at radius 3 is 2.55 bits per heavy atom. The van der Waals surface area contributed by atoms with E-state index in [1.807, 2.05) is 13.8 Å².